The molecule has 0 N–H and O–H groups in total. The summed E-state index contributed by atoms with van der Waals surface area (Å²) in [5.41, 5.74) is 1.17. The third-order valence-corrected chi connectivity index (χ3v) is 6.29. The van der Waals surface area contributed by atoms with Crippen molar-refractivity contribution in [3.63, 3.8) is 0 Å². The molecule has 7 heteroatoms. The lowest BCUT2D eigenvalue weighted by Gasteiger charge is -2.35. The Labute approximate surface area is 140 Å². The summed E-state index contributed by atoms with van der Waals surface area (Å²) >= 11 is 3.62. The van der Waals surface area contributed by atoms with Crippen LogP contribution in [0.15, 0.2) is 10.4 Å². The average molecular weight is 341 g/mol. The molecule has 2 aliphatic rings. The van der Waals surface area contributed by atoms with Crippen LogP contribution >= 0.6 is 23.1 Å². The van der Waals surface area contributed by atoms with E-state index in [1.807, 2.05) is 18.7 Å². The number of amidine groups is 1. The first-order valence-corrected chi connectivity index (χ1v) is 9.57. The number of aliphatic imine (C=N–C) groups is 1. The van der Waals surface area contributed by atoms with Crippen LogP contribution in [-0.2, 0) is 11.3 Å². The summed E-state index contributed by atoms with van der Waals surface area (Å²) in [5.74, 6) is 0. The fourth-order valence-electron chi connectivity index (χ4n) is 2.64. The van der Waals surface area contributed by atoms with Gasteiger partial charge in [0.25, 0.3) is 0 Å². The van der Waals surface area contributed by atoms with Crippen LogP contribution in [0.4, 0.5) is 0 Å². The molecule has 0 bridgehead atoms. The molecular formula is C15H24N4OS2. The third kappa shape index (κ3) is 3.82. The SMILES string of the molecule is CO[C@H](C)c1nc(CN2CCN(C3=NC[C@@H](C)S3)CC2)cs1. The van der Waals surface area contributed by atoms with Gasteiger partial charge < -0.3 is 9.64 Å². The molecule has 1 aromatic heterocycles. The molecule has 0 radical (unpaired) electrons. The second-order valence-electron chi connectivity index (χ2n) is 5.87. The van der Waals surface area contributed by atoms with Crippen LogP contribution in [0.2, 0.25) is 0 Å². The molecule has 1 saturated heterocycles. The third-order valence-electron chi connectivity index (χ3n) is 4.09. The molecule has 5 nitrogen and oxygen atoms in total. The van der Waals surface area contributed by atoms with Crippen molar-refractivity contribution in [1.29, 1.82) is 0 Å². The van der Waals surface area contributed by atoms with Gasteiger partial charge in [0, 0.05) is 50.5 Å². The van der Waals surface area contributed by atoms with E-state index in [4.69, 9.17) is 9.72 Å². The summed E-state index contributed by atoms with van der Waals surface area (Å²) in [4.78, 5) is 14.3. The molecule has 0 spiro atoms. The lowest BCUT2D eigenvalue weighted by molar-refractivity contribution is 0.119. The maximum absolute atomic E-state index is 5.33. The van der Waals surface area contributed by atoms with E-state index < -0.39 is 0 Å². The zero-order valence-corrected chi connectivity index (χ0v) is 15.1. The Morgan fingerprint density at radius 3 is 2.77 bits per heavy atom. The Kier molecular flexibility index (Phi) is 5.38. The molecule has 0 amide bonds. The number of methoxy groups -OCH3 is 1. The van der Waals surface area contributed by atoms with Crippen molar-refractivity contribution in [1.82, 2.24) is 14.8 Å². The summed E-state index contributed by atoms with van der Waals surface area (Å²) < 4.78 is 5.33. The van der Waals surface area contributed by atoms with Crippen LogP contribution in [0.3, 0.4) is 0 Å². The number of hydrogen-bond acceptors (Lipinski definition) is 7. The second-order valence-corrected chi connectivity index (χ2v) is 8.17. The van der Waals surface area contributed by atoms with Crippen molar-refractivity contribution in [2.45, 2.75) is 31.7 Å². The van der Waals surface area contributed by atoms with E-state index in [-0.39, 0.29) is 6.10 Å². The molecule has 2 atom stereocenters. The van der Waals surface area contributed by atoms with Crippen molar-refractivity contribution >= 4 is 28.3 Å². The van der Waals surface area contributed by atoms with Crippen LogP contribution in [0.25, 0.3) is 0 Å². The quantitative estimate of drug-likeness (QED) is 0.842. The molecule has 122 valence electrons. The van der Waals surface area contributed by atoms with Gasteiger partial charge in [0.05, 0.1) is 12.2 Å². The highest BCUT2D eigenvalue weighted by Crippen LogP contribution is 2.24. The molecule has 3 rings (SSSR count). The number of aromatic nitrogens is 1. The lowest BCUT2D eigenvalue weighted by atomic mass is 10.3. The minimum absolute atomic E-state index is 0.0926. The number of hydrogen-bond donors (Lipinski definition) is 0. The summed E-state index contributed by atoms with van der Waals surface area (Å²) in [5, 5.41) is 5.12. The lowest BCUT2D eigenvalue weighted by Crippen LogP contribution is -2.47. The molecule has 3 heterocycles. The Morgan fingerprint density at radius 2 is 2.14 bits per heavy atom. The first-order valence-electron chi connectivity index (χ1n) is 7.81. The zero-order valence-electron chi connectivity index (χ0n) is 13.5. The number of thioether (sulfide) groups is 1. The molecule has 0 aromatic carbocycles. The minimum atomic E-state index is 0.0926. The van der Waals surface area contributed by atoms with Gasteiger partial charge in [-0.05, 0) is 6.92 Å². The molecule has 0 saturated carbocycles. The van der Waals surface area contributed by atoms with E-state index in [1.165, 1.54) is 10.9 Å². The molecular weight excluding hydrogens is 316 g/mol. The Morgan fingerprint density at radius 1 is 1.36 bits per heavy atom. The average Bonchev–Trinajstić information content (AvgIpc) is 3.16. The van der Waals surface area contributed by atoms with Gasteiger partial charge in [-0.15, -0.1) is 11.3 Å². The molecule has 22 heavy (non-hydrogen) atoms. The van der Waals surface area contributed by atoms with Gasteiger partial charge in [-0.1, -0.05) is 18.7 Å². The number of nitrogens with zero attached hydrogens (tertiary/aromatic N) is 4. The monoisotopic (exact) mass is 340 g/mol. The van der Waals surface area contributed by atoms with Crippen LogP contribution in [0, 0.1) is 0 Å². The van der Waals surface area contributed by atoms with Gasteiger partial charge in [0.15, 0.2) is 5.17 Å². The summed E-state index contributed by atoms with van der Waals surface area (Å²) in [6, 6.07) is 0. The van der Waals surface area contributed by atoms with Crippen molar-refractivity contribution in [3.05, 3.63) is 16.1 Å². The van der Waals surface area contributed by atoms with Crippen molar-refractivity contribution < 1.29 is 4.74 Å². The van der Waals surface area contributed by atoms with Crippen molar-refractivity contribution in [2.24, 2.45) is 4.99 Å². The molecule has 0 aliphatic carbocycles. The van der Waals surface area contributed by atoms with Gasteiger partial charge in [-0.2, -0.15) is 0 Å². The highest BCUT2D eigenvalue weighted by molar-refractivity contribution is 8.14. The van der Waals surface area contributed by atoms with Crippen LogP contribution in [0.1, 0.15) is 30.7 Å². The normalized spacial score (nSPS) is 24.6. The number of thiazole rings is 1. The highest BCUT2D eigenvalue weighted by Gasteiger charge is 2.25. The predicted molar refractivity (Wildman–Crippen MR) is 93.7 cm³/mol. The molecule has 1 aromatic rings. The van der Waals surface area contributed by atoms with E-state index in [1.54, 1.807) is 18.4 Å². The van der Waals surface area contributed by atoms with Crippen LogP contribution < -0.4 is 0 Å². The van der Waals surface area contributed by atoms with Gasteiger partial charge in [-0.3, -0.25) is 9.89 Å². The van der Waals surface area contributed by atoms with Crippen molar-refractivity contribution in [2.75, 3.05) is 39.8 Å². The first-order chi connectivity index (χ1) is 10.7. The second kappa shape index (κ2) is 7.29. The maximum atomic E-state index is 5.33. The largest absolute Gasteiger partial charge is 0.375 e. The number of ether oxygens (including phenoxy) is 1. The summed E-state index contributed by atoms with van der Waals surface area (Å²) in [6.45, 7) is 10.5. The molecule has 2 aliphatic heterocycles. The number of rotatable bonds is 4. The van der Waals surface area contributed by atoms with Gasteiger partial charge in [0.1, 0.15) is 11.1 Å². The van der Waals surface area contributed by atoms with Crippen LogP contribution in [-0.4, -0.2) is 65.0 Å². The van der Waals surface area contributed by atoms with Gasteiger partial charge >= 0.3 is 0 Å². The van der Waals surface area contributed by atoms with E-state index in [2.05, 4.69) is 27.1 Å². The fourth-order valence-corrected chi connectivity index (χ4v) is 4.48. The Bertz CT molecular complexity index is 525. The summed E-state index contributed by atoms with van der Waals surface area (Å²) in [6.07, 6.45) is 0.0926. The van der Waals surface area contributed by atoms with E-state index in [9.17, 15) is 0 Å². The van der Waals surface area contributed by atoms with E-state index in [0.717, 1.165) is 44.3 Å². The van der Waals surface area contributed by atoms with Crippen molar-refractivity contribution in [3.8, 4) is 0 Å². The standard InChI is InChI=1S/C15H24N4OS2/c1-11-8-16-15(22-11)19-6-4-18(5-7-19)9-13-10-21-14(17-13)12(2)20-3/h10-12H,4-9H2,1-3H3/t11-,12-/m1/s1. The van der Waals surface area contributed by atoms with Crippen LogP contribution in [0.5, 0.6) is 0 Å². The molecule has 0 unspecified atom stereocenters. The minimum Gasteiger partial charge on any atom is -0.375 e. The van der Waals surface area contributed by atoms with E-state index in [0.29, 0.717) is 5.25 Å². The highest BCUT2D eigenvalue weighted by atomic mass is 32.2. The smallest absolute Gasteiger partial charge is 0.159 e. The Balaban J connectivity index is 1.48. The van der Waals surface area contributed by atoms with Gasteiger partial charge in [-0.25, -0.2) is 4.98 Å². The zero-order chi connectivity index (χ0) is 15.5. The Hall–Kier alpha value is -0.630. The van der Waals surface area contributed by atoms with E-state index >= 15 is 0 Å². The summed E-state index contributed by atoms with van der Waals surface area (Å²) in [7, 11) is 1.73. The first kappa shape index (κ1) is 16.2. The molecule has 1 fully saturated rings. The topological polar surface area (TPSA) is 41.0 Å². The predicted octanol–water partition coefficient (Wildman–Crippen LogP) is 2.46. The number of piperazine rings is 1. The fraction of sp³-hybridized carbons (Fsp3) is 0.733. The van der Waals surface area contributed by atoms with Gasteiger partial charge in [0.2, 0.25) is 0 Å². The maximum Gasteiger partial charge on any atom is 0.159 e.